The zero-order valence-corrected chi connectivity index (χ0v) is 21.2. The molecule has 2 aromatic heterocycles. The maximum Gasteiger partial charge on any atom is 0.423 e. The second kappa shape index (κ2) is 11.1. The van der Waals surface area contributed by atoms with Crippen LogP contribution in [0.5, 0.6) is 0 Å². The van der Waals surface area contributed by atoms with Crippen LogP contribution in [0.15, 0.2) is 29.3 Å². The first-order chi connectivity index (χ1) is 18.7. The van der Waals surface area contributed by atoms with Gasteiger partial charge in [-0.05, 0) is 31.4 Å². The number of aromatic amines is 1. The van der Waals surface area contributed by atoms with Gasteiger partial charge in [-0.2, -0.15) is 23.5 Å². The minimum Gasteiger partial charge on any atom is -0.374 e. The molecule has 3 aliphatic rings. The van der Waals surface area contributed by atoms with Gasteiger partial charge in [0, 0.05) is 52.0 Å². The first kappa shape index (κ1) is 26.7. The molecular weight excluding hydrogens is 517 g/mol. The van der Waals surface area contributed by atoms with Gasteiger partial charge in [-0.1, -0.05) is 0 Å². The third-order valence-electron chi connectivity index (χ3n) is 7.50. The number of nitrogens with one attached hydrogen (secondary N) is 1. The summed E-state index contributed by atoms with van der Waals surface area (Å²) in [6.07, 6.45) is -0.456. The summed E-state index contributed by atoms with van der Waals surface area (Å²) in [6.45, 7) is 3.90. The molecule has 208 valence electrons. The van der Waals surface area contributed by atoms with E-state index in [-0.39, 0.29) is 30.5 Å². The molecule has 3 aliphatic heterocycles. The maximum absolute atomic E-state index is 13.6. The van der Waals surface area contributed by atoms with E-state index in [1.54, 1.807) is 26.8 Å². The van der Waals surface area contributed by atoms with Crippen LogP contribution in [0.2, 0.25) is 0 Å². The van der Waals surface area contributed by atoms with E-state index in [9.17, 15) is 22.8 Å². The van der Waals surface area contributed by atoms with Crippen molar-refractivity contribution in [3.63, 3.8) is 0 Å². The summed E-state index contributed by atoms with van der Waals surface area (Å²) in [5.74, 6) is 0.773. The first-order valence-corrected chi connectivity index (χ1v) is 12.9. The zero-order chi connectivity index (χ0) is 27.6. The molecule has 0 radical (unpaired) electrons. The number of piperazine rings is 1. The van der Waals surface area contributed by atoms with E-state index in [0.29, 0.717) is 70.6 Å². The monoisotopic (exact) mass is 546 g/mol. The fraction of sp³-hybridized carbons (Fsp3) is 0.560. The van der Waals surface area contributed by atoms with Crippen molar-refractivity contribution in [2.45, 2.75) is 37.6 Å². The number of rotatable bonds is 5. The Hall–Kier alpha value is -3.86. The van der Waals surface area contributed by atoms with Gasteiger partial charge >= 0.3 is 12.2 Å². The van der Waals surface area contributed by atoms with Crippen molar-refractivity contribution in [3.8, 4) is 6.07 Å². The number of nitrogens with zero attached hydrogens (tertiary/aromatic N) is 7. The lowest BCUT2D eigenvalue weighted by Crippen LogP contribution is -2.52. The van der Waals surface area contributed by atoms with E-state index in [1.807, 2.05) is 11.2 Å². The standard InChI is InChI=1S/C25H29F3N8O3/c26-25(27,28)22-20(14-31-32-23(22)37)36-6-1-2-18(36)16-39-19-5-7-35(15-19)24(38)34-10-8-33(9-11-34)21-4-3-17(12-29)13-30-21/h3-4,13-14,18-19H,1-2,5-11,15-16H2,(H,32,37)/t18-,19+/m0/s1. The van der Waals surface area contributed by atoms with E-state index < -0.39 is 17.3 Å². The third-order valence-corrected chi connectivity index (χ3v) is 7.50. The topological polar surface area (TPSA) is 122 Å². The SMILES string of the molecule is N#Cc1ccc(N2CCN(C(=O)N3CC[C@@H](OC[C@@H]4CCCN4c4cn[nH]c(=O)c4C(F)(F)F)C3)CC2)nc1. The molecular formula is C25H29F3N8O3. The average Bonchev–Trinajstić information content (AvgIpc) is 3.60. The first-order valence-electron chi connectivity index (χ1n) is 12.9. The number of pyridine rings is 1. The highest BCUT2D eigenvalue weighted by Crippen LogP contribution is 2.36. The van der Waals surface area contributed by atoms with Crippen molar-refractivity contribution >= 4 is 17.5 Å². The second-order valence-corrected chi connectivity index (χ2v) is 9.91. The number of aromatic nitrogens is 3. The van der Waals surface area contributed by atoms with Crippen LogP contribution in [0.3, 0.4) is 0 Å². The van der Waals surface area contributed by atoms with Crippen LogP contribution >= 0.6 is 0 Å². The van der Waals surface area contributed by atoms with Crippen molar-refractivity contribution in [1.29, 1.82) is 5.26 Å². The summed E-state index contributed by atoms with van der Waals surface area (Å²) in [6, 6.07) is 5.21. The van der Waals surface area contributed by atoms with Crippen LogP contribution in [0.4, 0.5) is 29.5 Å². The molecule has 3 fully saturated rings. The predicted octanol–water partition coefficient (Wildman–Crippen LogP) is 2.06. The molecule has 14 heteroatoms. The fourth-order valence-corrected chi connectivity index (χ4v) is 5.46. The van der Waals surface area contributed by atoms with E-state index >= 15 is 0 Å². The molecule has 0 bridgehead atoms. The van der Waals surface area contributed by atoms with Crippen molar-refractivity contribution in [2.75, 3.05) is 62.2 Å². The summed E-state index contributed by atoms with van der Waals surface area (Å²) in [4.78, 5) is 36.5. The summed E-state index contributed by atoms with van der Waals surface area (Å²) in [7, 11) is 0. The van der Waals surface area contributed by atoms with Gasteiger partial charge in [-0.3, -0.25) is 4.79 Å². The zero-order valence-electron chi connectivity index (χ0n) is 21.2. The highest BCUT2D eigenvalue weighted by molar-refractivity contribution is 5.75. The van der Waals surface area contributed by atoms with Gasteiger partial charge in [-0.15, -0.1) is 0 Å². The van der Waals surface area contributed by atoms with Crippen molar-refractivity contribution in [1.82, 2.24) is 25.0 Å². The summed E-state index contributed by atoms with van der Waals surface area (Å²) in [5.41, 5.74) is -2.23. The van der Waals surface area contributed by atoms with E-state index in [4.69, 9.17) is 10.00 Å². The Morgan fingerprint density at radius 2 is 1.90 bits per heavy atom. The summed E-state index contributed by atoms with van der Waals surface area (Å²) < 4.78 is 46.8. The van der Waals surface area contributed by atoms with Crippen LogP contribution in [0.1, 0.15) is 30.4 Å². The van der Waals surface area contributed by atoms with Crippen molar-refractivity contribution in [3.05, 3.63) is 46.0 Å². The van der Waals surface area contributed by atoms with Crippen LogP contribution in [0.25, 0.3) is 0 Å². The molecule has 5 rings (SSSR count). The largest absolute Gasteiger partial charge is 0.423 e. The Kier molecular flexibility index (Phi) is 7.60. The number of amides is 2. The van der Waals surface area contributed by atoms with Gasteiger partial charge in [0.25, 0.3) is 5.56 Å². The Labute approximate surface area is 222 Å². The van der Waals surface area contributed by atoms with E-state index in [0.717, 1.165) is 12.0 Å². The number of ether oxygens (including phenoxy) is 1. The molecule has 0 aliphatic carbocycles. The number of urea groups is 1. The number of carbonyl (C=O) groups is 1. The number of alkyl halides is 3. The molecule has 11 nitrogen and oxygen atoms in total. The number of halogens is 3. The number of hydrogen-bond acceptors (Lipinski definition) is 8. The minimum absolute atomic E-state index is 0.0552. The maximum atomic E-state index is 13.6. The third kappa shape index (κ3) is 5.78. The van der Waals surface area contributed by atoms with Crippen LogP contribution in [0, 0.1) is 11.3 Å². The molecule has 39 heavy (non-hydrogen) atoms. The summed E-state index contributed by atoms with van der Waals surface area (Å²) >= 11 is 0. The van der Waals surface area contributed by atoms with E-state index in [2.05, 4.69) is 15.0 Å². The number of likely N-dealkylation sites (tertiary alicyclic amines) is 1. The van der Waals surface area contributed by atoms with Gasteiger partial charge in [0.05, 0.1) is 36.2 Å². The lowest BCUT2D eigenvalue weighted by atomic mass is 10.2. The lowest BCUT2D eigenvalue weighted by molar-refractivity contribution is -0.138. The molecule has 3 saturated heterocycles. The van der Waals surface area contributed by atoms with Crippen LogP contribution in [-0.4, -0.2) is 95.6 Å². The Balaban J connectivity index is 1.12. The average molecular weight is 547 g/mol. The lowest BCUT2D eigenvalue weighted by Gasteiger charge is -2.37. The van der Waals surface area contributed by atoms with Crippen molar-refractivity contribution in [2.24, 2.45) is 0 Å². The van der Waals surface area contributed by atoms with Gasteiger partial charge in [0.15, 0.2) is 0 Å². The summed E-state index contributed by atoms with van der Waals surface area (Å²) in [5, 5.41) is 14.4. The molecule has 2 aromatic rings. The number of anilines is 2. The Morgan fingerprint density at radius 3 is 2.59 bits per heavy atom. The van der Waals surface area contributed by atoms with Gasteiger partial charge < -0.3 is 24.3 Å². The van der Waals surface area contributed by atoms with Crippen molar-refractivity contribution < 1.29 is 22.7 Å². The van der Waals surface area contributed by atoms with Crippen LogP contribution in [-0.2, 0) is 10.9 Å². The second-order valence-electron chi connectivity index (χ2n) is 9.91. The molecule has 0 spiro atoms. The molecule has 0 unspecified atom stereocenters. The smallest absolute Gasteiger partial charge is 0.374 e. The van der Waals surface area contributed by atoms with E-state index in [1.165, 1.54) is 6.20 Å². The highest BCUT2D eigenvalue weighted by atomic mass is 19.4. The number of nitriles is 1. The minimum atomic E-state index is -4.80. The van der Waals surface area contributed by atoms with Gasteiger partial charge in [0.2, 0.25) is 0 Å². The molecule has 0 saturated carbocycles. The Bertz CT molecular complexity index is 1270. The normalized spacial score (nSPS) is 21.9. The number of H-pyrrole nitrogens is 1. The Morgan fingerprint density at radius 1 is 1.10 bits per heavy atom. The molecule has 2 amide bonds. The molecule has 5 heterocycles. The molecule has 0 aromatic carbocycles. The van der Waals surface area contributed by atoms with Gasteiger partial charge in [0.1, 0.15) is 17.5 Å². The highest BCUT2D eigenvalue weighted by Gasteiger charge is 2.41. The molecule has 1 N–H and O–H groups in total. The predicted molar refractivity (Wildman–Crippen MR) is 134 cm³/mol. The quantitative estimate of drug-likeness (QED) is 0.605. The number of carbonyl (C=O) groups excluding carboxylic acids is 1. The molecule has 2 atom stereocenters. The van der Waals surface area contributed by atoms with Gasteiger partial charge in [-0.25, -0.2) is 14.9 Å². The number of hydrogen-bond donors (Lipinski definition) is 1. The fourth-order valence-electron chi connectivity index (χ4n) is 5.46. The van der Waals surface area contributed by atoms with Crippen LogP contribution < -0.4 is 15.4 Å².